The summed E-state index contributed by atoms with van der Waals surface area (Å²) in [5, 5.41) is 5.61. The van der Waals surface area contributed by atoms with Crippen LogP contribution in [0, 0.1) is 0 Å². The molecule has 136 valence electrons. The summed E-state index contributed by atoms with van der Waals surface area (Å²) in [6.07, 6.45) is 3.51. The Balaban J connectivity index is 1.91. The smallest absolute Gasteiger partial charge is 0.255 e. The summed E-state index contributed by atoms with van der Waals surface area (Å²) >= 11 is 0. The van der Waals surface area contributed by atoms with Crippen LogP contribution in [0.3, 0.4) is 0 Å². The highest BCUT2D eigenvalue weighted by molar-refractivity contribution is 6.05. The largest absolute Gasteiger partial charge is 0.326 e. The first kappa shape index (κ1) is 19.4. The van der Waals surface area contributed by atoms with E-state index in [4.69, 9.17) is 0 Å². The Morgan fingerprint density at radius 3 is 1.85 bits per heavy atom. The summed E-state index contributed by atoms with van der Waals surface area (Å²) in [4.78, 5) is 35.3. The average Bonchev–Trinajstić information content (AvgIpc) is 2.63. The van der Waals surface area contributed by atoms with Crippen molar-refractivity contribution in [2.75, 3.05) is 10.6 Å². The Labute approximate surface area is 153 Å². The molecule has 5 heteroatoms. The molecule has 0 spiro atoms. The lowest BCUT2D eigenvalue weighted by Gasteiger charge is -2.08. The van der Waals surface area contributed by atoms with E-state index in [2.05, 4.69) is 17.6 Å². The Bertz CT molecular complexity index is 765. The molecule has 0 saturated heterocycles. The van der Waals surface area contributed by atoms with Crippen LogP contribution in [0.2, 0.25) is 0 Å². The highest BCUT2D eigenvalue weighted by Crippen LogP contribution is 2.14. The number of carbonyl (C=O) groups is 3. The molecule has 0 aliphatic heterocycles. The molecule has 0 saturated carbocycles. The second kappa shape index (κ2) is 9.51. The van der Waals surface area contributed by atoms with Gasteiger partial charge in [0.1, 0.15) is 0 Å². The molecule has 2 aromatic rings. The number of anilines is 2. The zero-order valence-corrected chi connectivity index (χ0v) is 15.2. The summed E-state index contributed by atoms with van der Waals surface area (Å²) in [5.74, 6) is -0.280. The molecule has 2 aromatic carbocycles. The van der Waals surface area contributed by atoms with Crippen LogP contribution in [0.5, 0.6) is 0 Å². The van der Waals surface area contributed by atoms with E-state index in [-0.39, 0.29) is 17.6 Å². The van der Waals surface area contributed by atoms with Gasteiger partial charge in [0.15, 0.2) is 5.78 Å². The van der Waals surface area contributed by atoms with Crippen molar-refractivity contribution in [3.05, 3.63) is 59.7 Å². The van der Waals surface area contributed by atoms with Gasteiger partial charge in [0.05, 0.1) is 0 Å². The third-order valence-corrected chi connectivity index (χ3v) is 3.99. The number of hydrogen-bond acceptors (Lipinski definition) is 3. The lowest BCUT2D eigenvalue weighted by Crippen LogP contribution is -2.13. The zero-order valence-electron chi connectivity index (χ0n) is 15.2. The lowest BCUT2D eigenvalue weighted by atomic mass is 10.1. The maximum atomic E-state index is 12.3. The minimum absolute atomic E-state index is 0.0128. The first-order valence-corrected chi connectivity index (χ1v) is 8.82. The fourth-order valence-corrected chi connectivity index (χ4v) is 2.46. The van der Waals surface area contributed by atoms with Crippen LogP contribution in [-0.4, -0.2) is 17.6 Å². The fraction of sp³-hybridized carbons (Fsp3) is 0.286. The Kier molecular flexibility index (Phi) is 7.09. The third-order valence-electron chi connectivity index (χ3n) is 3.99. The molecule has 2 N–H and O–H groups in total. The van der Waals surface area contributed by atoms with Crippen LogP contribution in [0.15, 0.2) is 48.5 Å². The van der Waals surface area contributed by atoms with Crippen LogP contribution < -0.4 is 10.6 Å². The quantitative estimate of drug-likeness (QED) is 0.536. The number of nitrogens with one attached hydrogen (secondary N) is 2. The van der Waals surface area contributed by atoms with Crippen LogP contribution in [-0.2, 0) is 4.79 Å². The van der Waals surface area contributed by atoms with E-state index in [9.17, 15) is 14.4 Å². The normalized spacial score (nSPS) is 10.2. The minimum atomic E-state index is -0.249. The van der Waals surface area contributed by atoms with Crippen molar-refractivity contribution in [3.63, 3.8) is 0 Å². The van der Waals surface area contributed by atoms with Crippen molar-refractivity contribution in [2.45, 2.75) is 39.5 Å². The minimum Gasteiger partial charge on any atom is -0.326 e. The summed E-state index contributed by atoms with van der Waals surface area (Å²) in [7, 11) is 0. The van der Waals surface area contributed by atoms with Gasteiger partial charge in [-0.3, -0.25) is 14.4 Å². The van der Waals surface area contributed by atoms with Gasteiger partial charge in [-0.05, 0) is 61.9 Å². The van der Waals surface area contributed by atoms with E-state index < -0.39 is 0 Å². The third kappa shape index (κ3) is 5.84. The number of benzene rings is 2. The highest BCUT2D eigenvalue weighted by atomic mass is 16.2. The second-order valence-electron chi connectivity index (χ2n) is 6.17. The van der Waals surface area contributed by atoms with E-state index in [0.717, 1.165) is 19.3 Å². The number of rotatable bonds is 8. The molecule has 0 radical (unpaired) electrons. The topological polar surface area (TPSA) is 75.3 Å². The summed E-state index contributed by atoms with van der Waals surface area (Å²) in [6, 6.07) is 13.5. The predicted octanol–water partition coefficient (Wildman–Crippen LogP) is 4.66. The molecular formula is C21H24N2O3. The molecule has 0 unspecified atom stereocenters. The van der Waals surface area contributed by atoms with Gasteiger partial charge in [0.25, 0.3) is 5.91 Å². The number of ketones is 1. The molecule has 0 heterocycles. The van der Waals surface area contributed by atoms with E-state index in [1.165, 1.54) is 6.92 Å². The van der Waals surface area contributed by atoms with Gasteiger partial charge < -0.3 is 10.6 Å². The van der Waals surface area contributed by atoms with E-state index >= 15 is 0 Å². The van der Waals surface area contributed by atoms with Crippen molar-refractivity contribution in [1.82, 2.24) is 0 Å². The van der Waals surface area contributed by atoms with Gasteiger partial charge in [0.2, 0.25) is 5.91 Å². The maximum Gasteiger partial charge on any atom is 0.255 e. The van der Waals surface area contributed by atoms with Crippen molar-refractivity contribution in [2.24, 2.45) is 0 Å². The molecule has 0 bridgehead atoms. The Morgan fingerprint density at radius 1 is 0.769 bits per heavy atom. The van der Waals surface area contributed by atoms with Gasteiger partial charge in [-0.25, -0.2) is 0 Å². The number of unbranched alkanes of at least 4 members (excludes halogenated alkanes) is 2. The predicted molar refractivity (Wildman–Crippen MR) is 104 cm³/mol. The molecular weight excluding hydrogens is 328 g/mol. The van der Waals surface area contributed by atoms with Crippen molar-refractivity contribution >= 4 is 29.0 Å². The number of carbonyl (C=O) groups excluding carboxylic acids is 3. The van der Waals surface area contributed by atoms with Crippen LogP contribution in [0.4, 0.5) is 11.4 Å². The van der Waals surface area contributed by atoms with Gasteiger partial charge in [-0.15, -0.1) is 0 Å². The lowest BCUT2D eigenvalue weighted by molar-refractivity contribution is -0.116. The summed E-state index contributed by atoms with van der Waals surface area (Å²) < 4.78 is 0. The molecule has 2 amide bonds. The molecule has 0 atom stereocenters. The average molecular weight is 352 g/mol. The molecule has 0 aliphatic carbocycles. The molecule has 5 nitrogen and oxygen atoms in total. The van der Waals surface area contributed by atoms with E-state index in [0.29, 0.717) is 28.9 Å². The van der Waals surface area contributed by atoms with Gasteiger partial charge in [-0.1, -0.05) is 19.8 Å². The molecule has 0 fully saturated rings. The van der Waals surface area contributed by atoms with E-state index in [1.54, 1.807) is 48.5 Å². The van der Waals surface area contributed by atoms with Crippen LogP contribution in [0.25, 0.3) is 0 Å². The van der Waals surface area contributed by atoms with Gasteiger partial charge in [0, 0.05) is 28.9 Å². The van der Waals surface area contributed by atoms with E-state index in [1.807, 2.05) is 0 Å². The first-order valence-electron chi connectivity index (χ1n) is 8.82. The second-order valence-corrected chi connectivity index (χ2v) is 6.17. The fourth-order valence-electron chi connectivity index (χ4n) is 2.46. The SMILES string of the molecule is CCCCCC(=O)Nc1ccc(C(=O)Nc2ccc(C(C)=O)cc2)cc1. The number of Topliss-reactive ketones (excluding diaryl/α,β-unsaturated/α-hetero) is 1. The van der Waals surface area contributed by atoms with Crippen LogP contribution >= 0.6 is 0 Å². The monoisotopic (exact) mass is 352 g/mol. The van der Waals surface area contributed by atoms with Crippen LogP contribution in [0.1, 0.15) is 60.2 Å². The van der Waals surface area contributed by atoms with Gasteiger partial charge >= 0.3 is 0 Å². The summed E-state index contributed by atoms with van der Waals surface area (Å²) in [6.45, 7) is 3.59. The maximum absolute atomic E-state index is 12.3. The number of hydrogen-bond donors (Lipinski definition) is 2. The van der Waals surface area contributed by atoms with Gasteiger partial charge in [-0.2, -0.15) is 0 Å². The van der Waals surface area contributed by atoms with Crippen molar-refractivity contribution in [1.29, 1.82) is 0 Å². The summed E-state index contributed by atoms with van der Waals surface area (Å²) in [5.41, 5.74) is 2.38. The molecule has 26 heavy (non-hydrogen) atoms. The molecule has 0 aliphatic rings. The Morgan fingerprint density at radius 2 is 1.31 bits per heavy atom. The highest BCUT2D eigenvalue weighted by Gasteiger charge is 2.08. The zero-order chi connectivity index (χ0) is 18.9. The van der Waals surface area contributed by atoms with Crippen molar-refractivity contribution < 1.29 is 14.4 Å². The standard InChI is InChI=1S/C21H24N2O3/c1-3-4-5-6-20(25)22-18-13-9-17(10-14-18)21(26)23-19-11-7-16(8-12-19)15(2)24/h7-14H,3-6H2,1-2H3,(H,22,25)(H,23,26). The first-order chi connectivity index (χ1) is 12.5. The Hall–Kier alpha value is -2.95. The molecule has 0 aromatic heterocycles. The molecule has 2 rings (SSSR count). The number of amides is 2. The van der Waals surface area contributed by atoms with Crippen molar-refractivity contribution in [3.8, 4) is 0 Å².